The normalized spacial score (nSPS) is 15.9. The van der Waals surface area contributed by atoms with E-state index in [4.69, 9.17) is 0 Å². The molecule has 1 N–H and O–H groups in total. The molecule has 1 rings (SSSR count). The number of hydrogen-bond acceptors (Lipinski definition) is 3. The second kappa shape index (κ2) is 8.95. The number of hydrogen-bond donors (Lipinski definition) is 1. The Morgan fingerprint density at radius 3 is 2.25 bits per heavy atom. The number of piperidine rings is 1. The van der Waals surface area contributed by atoms with Gasteiger partial charge in [-0.1, -0.05) is 0 Å². The molecule has 0 saturated carbocycles. The topological polar surface area (TPSA) is 52.7 Å². The molecule has 1 aliphatic rings. The quantitative estimate of drug-likeness (QED) is 0.761. The summed E-state index contributed by atoms with van der Waals surface area (Å²) in [6.45, 7) is 7.65. The zero-order chi connectivity index (χ0) is 15.0. The molecule has 0 atom stereocenters. The number of nitrogens with one attached hydrogen (secondary N) is 1. The number of rotatable bonds is 7. The Balaban J connectivity index is 2.29. The molecule has 1 fully saturated rings. The Morgan fingerprint density at radius 1 is 1.10 bits per heavy atom. The highest BCUT2D eigenvalue weighted by Gasteiger charge is 2.19. The zero-order valence-electron chi connectivity index (χ0n) is 13.2. The third-order valence-corrected chi connectivity index (χ3v) is 4.14. The molecule has 0 aliphatic carbocycles. The summed E-state index contributed by atoms with van der Waals surface area (Å²) in [7, 11) is 1.73. The van der Waals surface area contributed by atoms with Gasteiger partial charge in [0.25, 0.3) is 0 Å². The van der Waals surface area contributed by atoms with Gasteiger partial charge >= 0.3 is 0 Å². The van der Waals surface area contributed by atoms with Crippen LogP contribution in [0.3, 0.4) is 0 Å². The summed E-state index contributed by atoms with van der Waals surface area (Å²) in [6, 6.07) is 0. The summed E-state index contributed by atoms with van der Waals surface area (Å²) in [5.41, 5.74) is 0. The van der Waals surface area contributed by atoms with Gasteiger partial charge in [0.15, 0.2) is 0 Å². The highest BCUT2D eigenvalue weighted by Crippen LogP contribution is 2.18. The van der Waals surface area contributed by atoms with Crippen molar-refractivity contribution in [1.82, 2.24) is 15.1 Å². The van der Waals surface area contributed by atoms with Gasteiger partial charge in [-0.15, -0.1) is 0 Å². The predicted molar refractivity (Wildman–Crippen MR) is 80.4 cm³/mol. The maximum absolute atomic E-state index is 12.1. The molecular weight excluding hydrogens is 254 g/mol. The van der Waals surface area contributed by atoms with Crippen LogP contribution in [0.5, 0.6) is 0 Å². The highest BCUT2D eigenvalue weighted by molar-refractivity contribution is 5.84. The molecule has 0 radical (unpaired) electrons. The van der Waals surface area contributed by atoms with Crippen molar-refractivity contribution in [3.8, 4) is 0 Å². The standard InChI is InChI=1S/C15H29N3O2/c1-4-18(5-2)15(20)12-17(3)14(19)7-6-13-8-10-16-11-9-13/h13,16H,4-12H2,1-3H3. The molecule has 0 aromatic heterocycles. The van der Waals surface area contributed by atoms with Crippen molar-refractivity contribution in [1.29, 1.82) is 0 Å². The van der Waals surface area contributed by atoms with Gasteiger partial charge in [-0.3, -0.25) is 9.59 Å². The van der Waals surface area contributed by atoms with Gasteiger partial charge in [-0.25, -0.2) is 0 Å². The first-order valence-corrected chi connectivity index (χ1v) is 7.80. The molecule has 0 bridgehead atoms. The summed E-state index contributed by atoms with van der Waals surface area (Å²) in [5, 5.41) is 3.33. The van der Waals surface area contributed by atoms with E-state index in [1.807, 2.05) is 13.8 Å². The molecule has 1 saturated heterocycles. The van der Waals surface area contributed by atoms with Gasteiger partial charge in [-0.05, 0) is 52.1 Å². The monoisotopic (exact) mass is 283 g/mol. The summed E-state index contributed by atoms with van der Waals surface area (Å²) >= 11 is 0. The van der Waals surface area contributed by atoms with Gasteiger partial charge in [0.1, 0.15) is 0 Å². The van der Waals surface area contributed by atoms with Crippen LogP contribution in [0.4, 0.5) is 0 Å². The van der Waals surface area contributed by atoms with E-state index in [9.17, 15) is 9.59 Å². The van der Waals surface area contributed by atoms with Crippen LogP contribution in [0.1, 0.15) is 39.5 Å². The SMILES string of the molecule is CCN(CC)C(=O)CN(C)C(=O)CCC1CCNCC1. The first-order chi connectivity index (χ1) is 9.58. The minimum absolute atomic E-state index is 0.0349. The number of nitrogens with zero attached hydrogens (tertiary/aromatic N) is 2. The summed E-state index contributed by atoms with van der Waals surface area (Å²) in [4.78, 5) is 27.3. The van der Waals surface area contributed by atoms with Crippen LogP contribution in [-0.4, -0.2) is 61.4 Å². The van der Waals surface area contributed by atoms with Crippen molar-refractivity contribution in [2.24, 2.45) is 5.92 Å². The van der Waals surface area contributed by atoms with Crippen LogP contribution in [-0.2, 0) is 9.59 Å². The van der Waals surface area contributed by atoms with E-state index < -0.39 is 0 Å². The van der Waals surface area contributed by atoms with Crippen molar-refractivity contribution < 1.29 is 9.59 Å². The van der Waals surface area contributed by atoms with Gasteiger partial charge in [-0.2, -0.15) is 0 Å². The van der Waals surface area contributed by atoms with Crippen LogP contribution in [0, 0.1) is 5.92 Å². The molecule has 116 valence electrons. The van der Waals surface area contributed by atoms with Crippen LogP contribution in [0.15, 0.2) is 0 Å². The van der Waals surface area contributed by atoms with Crippen LogP contribution in [0.25, 0.3) is 0 Å². The first-order valence-electron chi connectivity index (χ1n) is 7.80. The number of carbonyl (C=O) groups excluding carboxylic acids is 2. The lowest BCUT2D eigenvalue weighted by molar-refractivity contribution is -0.139. The number of carbonyl (C=O) groups is 2. The molecule has 0 aromatic rings. The lowest BCUT2D eigenvalue weighted by Gasteiger charge is -2.25. The molecule has 1 aliphatic heterocycles. The zero-order valence-corrected chi connectivity index (χ0v) is 13.2. The molecule has 2 amide bonds. The second-order valence-corrected chi connectivity index (χ2v) is 5.55. The first kappa shape index (κ1) is 17.0. The average Bonchev–Trinajstić information content (AvgIpc) is 2.47. The van der Waals surface area contributed by atoms with Crippen LogP contribution < -0.4 is 5.32 Å². The largest absolute Gasteiger partial charge is 0.342 e. The van der Waals surface area contributed by atoms with Crippen LogP contribution >= 0.6 is 0 Å². The minimum Gasteiger partial charge on any atom is -0.342 e. The van der Waals surface area contributed by atoms with Crippen molar-refractivity contribution in [2.45, 2.75) is 39.5 Å². The van der Waals surface area contributed by atoms with E-state index in [1.54, 1.807) is 16.8 Å². The van der Waals surface area contributed by atoms with Gasteiger partial charge in [0.2, 0.25) is 11.8 Å². The maximum atomic E-state index is 12.1. The third-order valence-electron chi connectivity index (χ3n) is 4.14. The molecular formula is C15H29N3O2. The summed E-state index contributed by atoms with van der Waals surface area (Å²) in [6.07, 6.45) is 3.84. The van der Waals surface area contributed by atoms with Gasteiger partial charge < -0.3 is 15.1 Å². The van der Waals surface area contributed by atoms with E-state index in [0.717, 1.165) is 32.4 Å². The summed E-state index contributed by atoms with van der Waals surface area (Å²) < 4.78 is 0. The predicted octanol–water partition coefficient (Wildman–Crippen LogP) is 1.09. The molecule has 20 heavy (non-hydrogen) atoms. The Bertz CT molecular complexity index is 310. The van der Waals surface area contributed by atoms with Crippen molar-refractivity contribution in [3.05, 3.63) is 0 Å². The van der Waals surface area contributed by atoms with E-state index in [-0.39, 0.29) is 18.4 Å². The Kier molecular flexibility index (Phi) is 7.59. The number of likely N-dealkylation sites (N-methyl/N-ethyl adjacent to an activating group) is 2. The van der Waals surface area contributed by atoms with Crippen molar-refractivity contribution in [3.63, 3.8) is 0 Å². The van der Waals surface area contributed by atoms with Gasteiger partial charge in [0, 0.05) is 26.6 Å². The fourth-order valence-corrected chi connectivity index (χ4v) is 2.66. The molecule has 0 aromatic carbocycles. The van der Waals surface area contributed by atoms with E-state index in [2.05, 4.69) is 5.32 Å². The van der Waals surface area contributed by atoms with Gasteiger partial charge in [0.05, 0.1) is 6.54 Å². The molecule has 0 unspecified atom stereocenters. The van der Waals surface area contributed by atoms with E-state index >= 15 is 0 Å². The smallest absolute Gasteiger partial charge is 0.242 e. The van der Waals surface area contributed by atoms with E-state index in [0.29, 0.717) is 25.4 Å². The van der Waals surface area contributed by atoms with Crippen molar-refractivity contribution >= 4 is 11.8 Å². The fraction of sp³-hybridized carbons (Fsp3) is 0.867. The fourth-order valence-electron chi connectivity index (χ4n) is 2.66. The molecule has 5 heteroatoms. The third kappa shape index (κ3) is 5.49. The molecule has 5 nitrogen and oxygen atoms in total. The number of amides is 2. The van der Waals surface area contributed by atoms with Crippen molar-refractivity contribution in [2.75, 3.05) is 39.8 Å². The Labute approximate surface area is 122 Å². The highest BCUT2D eigenvalue weighted by atomic mass is 16.2. The maximum Gasteiger partial charge on any atom is 0.242 e. The Hall–Kier alpha value is -1.10. The Morgan fingerprint density at radius 2 is 1.70 bits per heavy atom. The second-order valence-electron chi connectivity index (χ2n) is 5.55. The lowest BCUT2D eigenvalue weighted by Crippen LogP contribution is -2.41. The summed E-state index contributed by atoms with van der Waals surface area (Å²) in [5.74, 6) is 0.781. The molecule has 1 heterocycles. The van der Waals surface area contributed by atoms with E-state index in [1.165, 1.54) is 0 Å². The minimum atomic E-state index is 0.0349. The molecule has 0 spiro atoms. The lowest BCUT2D eigenvalue weighted by atomic mass is 9.93. The average molecular weight is 283 g/mol. The van der Waals surface area contributed by atoms with Crippen LogP contribution in [0.2, 0.25) is 0 Å².